The number of Topliss-reactive ketones (excluding diaryl/α,β-unsaturated/α-hetero) is 1. The highest BCUT2D eigenvalue weighted by Gasteiger charge is 2.91. The van der Waals surface area contributed by atoms with Crippen molar-refractivity contribution in [1.82, 2.24) is 0 Å². The van der Waals surface area contributed by atoms with E-state index in [1.807, 2.05) is 58.0 Å². The topological polar surface area (TPSA) is 116 Å². The van der Waals surface area contributed by atoms with E-state index in [-0.39, 0.29) is 12.2 Å². The van der Waals surface area contributed by atoms with Gasteiger partial charge in [0.05, 0.1) is 6.10 Å². The predicted molar refractivity (Wildman–Crippen MR) is 150 cm³/mol. The number of benzene rings is 1. The van der Waals surface area contributed by atoms with E-state index >= 15 is 0 Å². The van der Waals surface area contributed by atoms with Crippen molar-refractivity contribution in [1.29, 1.82) is 0 Å². The summed E-state index contributed by atoms with van der Waals surface area (Å²) in [4.78, 5) is 51.9. The summed E-state index contributed by atoms with van der Waals surface area (Å²) in [5.74, 6) is -2.86. The highest BCUT2D eigenvalue weighted by molar-refractivity contribution is 5.88. The van der Waals surface area contributed by atoms with Gasteiger partial charge in [0, 0.05) is 48.5 Å². The number of ether oxygens (including phenoxy) is 3. The van der Waals surface area contributed by atoms with Gasteiger partial charge in [0.2, 0.25) is 0 Å². The first-order valence-electron chi connectivity index (χ1n) is 14.4. The van der Waals surface area contributed by atoms with Crippen LogP contribution in [0.4, 0.5) is 0 Å². The Hall–Kier alpha value is -3.26. The molecule has 4 saturated carbocycles. The lowest BCUT2D eigenvalue weighted by atomic mass is 9.42. The van der Waals surface area contributed by atoms with Crippen molar-refractivity contribution < 1.29 is 38.5 Å². The largest absolute Gasteiger partial charge is 0.458 e. The van der Waals surface area contributed by atoms with Crippen LogP contribution >= 0.6 is 0 Å². The Morgan fingerprint density at radius 1 is 1.00 bits per heavy atom. The monoisotopic (exact) mass is 564 g/mol. The van der Waals surface area contributed by atoms with Gasteiger partial charge in [-0.3, -0.25) is 14.4 Å². The molecule has 5 rings (SSSR count). The predicted octanol–water partition coefficient (Wildman–Crippen LogP) is 4.44. The zero-order chi connectivity index (χ0) is 30.1. The molecule has 4 aliphatic rings. The highest BCUT2D eigenvalue weighted by Crippen LogP contribution is 2.86. The van der Waals surface area contributed by atoms with Gasteiger partial charge in [-0.25, -0.2) is 4.79 Å². The molecule has 41 heavy (non-hydrogen) atoms. The molecule has 8 heteroatoms. The standard InChI is InChI=1S/C33H40O8/c1-18-24(36)17-23-27(38)32-19(2)25(41-26(37)14-13-22-11-9-8-10-12-22)15-16-31(32,7)28(39-20(3)34)29(40-21(4)35)33(18,32)30(23,5)6/h8-14,18,23,25,27-29,38H,2,15-17H2,1,3-7H3/b14-13+/t18-,23+,25+,27-,28+,29+,31+,32-,33+/m1/s1. The SMILES string of the molecule is C=C1[C@@H](OC(=O)/C=C/c2ccccc2)CC[C@@]2(C)[C@@H](OC(C)=O)[C@H](OC(C)=O)[C@]34[C@H](C)C(=O)C[C@@H]([C@@H](O)[C@@]132)C4(C)C. The van der Waals surface area contributed by atoms with E-state index in [0.29, 0.717) is 18.4 Å². The number of fused-ring (bicyclic) bond motifs is 1. The van der Waals surface area contributed by atoms with E-state index in [4.69, 9.17) is 14.2 Å². The molecule has 4 fully saturated rings. The zero-order valence-corrected chi connectivity index (χ0v) is 24.6. The Bertz CT molecular complexity index is 1330. The third-order valence-electron chi connectivity index (χ3n) is 11.2. The first-order valence-corrected chi connectivity index (χ1v) is 14.4. The van der Waals surface area contributed by atoms with Crippen LogP contribution in [0.5, 0.6) is 0 Å². The molecule has 220 valence electrons. The van der Waals surface area contributed by atoms with Crippen LogP contribution in [-0.4, -0.2) is 53.2 Å². The van der Waals surface area contributed by atoms with Crippen molar-refractivity contribution >= 4 is 29.8 Å². The number of hydrogen-bond acceptors (Lipinski definition) is 8. The maximum absolute atomic E-state index is 13.7. The second-order valence-corrected chi connectivity index (χ2v) is 13.1. The minimum atomic E-state index is -1.26. The summed E-state index contributed by atoms with van der Waals surface area (Å²) in [5.41, 5.74) is -2.82. The number of ketones is 1. The average Bonchev–Trinajstić information content (AvgIpc) is 3.14. The molecule has 8 nitrogen and oxygen atoms in total. The Morgan fingerprint density at radius 2 is 1.61 bits per heavy atom. The number of aliphatic hydroxyl groups is 1. The van der Waals surface area contributed by atoms with E-state index in [1.165, 1.54) is 19.9 Å². The Balaban J connectivity index is 1.67. The van der Waals surface area contributed by atoms with Crippen LogP contribution in [0, 0.1) is 33.5 Å². The number of rotatable bonds is 5. The van der Waals surface area contributed by atoms with Crippen molar-refractivity contribution in [2.24, 2.45) is 33.5 Å². The molecule has 1 aromatic rings. The van der Waals surface area contributed by atoms with E-state index in [9.17, 15) is 24.3 Å². The molecule has 0 aromatic heterocycles. The van der Waals surface area contributed by atoms with Gasteiger partial charge < -0.3 is 19.3 Å². The van der Waals surface area contributed by atoms with Crippen molar-refractivity contribution in [3.05, 3.63) is 54.1 Å². The summed E-state index contributed by atoms with van der Waals surface area (Å²) in [6.07, 6.45) is 0.123. The lowest BCUT2D eigenvalue weighted by Crippen LogP contribution is -2.63. The highest BCUT2D eigenvalue weighted by atomic mass is 16.6. The fourth-order valence-electron chi connectivity index (χ4n) is 9.88. The number of aliphatic hydroxyl groups excluding tert-OH is 1. The van der Waals surface area contributed by atoms with Gasteiger partial charge >= 0.3 is 17.9 Å². The second kappa shape index (κ2) is 9.65. The second-order valence-electron chi connectivity index (χ2n) is 13.1. The fourth-order valence-corrected chi connectivity index (χ4v) is 9.88. The number of hydrogen-bond donors (Lipinski definition) is 1. The Labute approximate surface area is 241 Å². The first kappa shape index (κ1) is 29.2. The lowest BCUT2D eigenvalue weighted by Gasteiger charge is -2.60. The molecule has 1 N–H and O–H groups in total. The normalized spacial score (nSPS) is 40.6. The van der Waals surface area contributed by atoms with Gasteiger partial charge in [0.15, 0.2) is 0 Å². The minimum absolute atomic E-state index is 0.0501. The van der Waals surface area contributed by atoms with Crippen molar-refractivity contribution in [3.63, 3.8) is 0 Å². The van der Waals surface area contributed by atoms with Crippen molar-refractivity contribution in [2.75, 3.05) is 0 Å². The van der Waals surface area contributed by atoms with Crippen LogP contribution in [0.2, 0.25) is 0 Å². The summed E-state index contributed by atoms with van der Waals surface area (Å²) in [6.45, 7) is 14.8. The van der Waals surface area contributed by atoms with E-state index in [0.717, 1.165) is 5.56 Å². The molecule has 1 aromatic carbocycles. The van der Waals surface area contributed by atoms with Gasteiger partial charge in [-0.1, -0.05) is 64.6 Å². The molecular formula is C33H40O8. The van der Waals surface area contributed by atoms with Crippen LogP contribution < -0.4 is 0 Å². The maximum Gasteiger partial charge on any atom is 0.331 e. The van der Waals surface area contributed by atoms with Gasteiger partial charge in [0.25, 0.3) is 0 Å². The number of esters is 3. The molecule has 0 amide bonds. The maximum atomic E-state index is 13.7. The molecule has 0 saturated heterocycles. The van der Waals surface area contributed by atoms with Crippen molar-refractivity contribution in [3.8, 4) is 0 Å². The zero-order valence-electron chi connectivity index (χ0n) is 24.6. The summed E-state index contributed by atoms with van der Waals surface area (Å²) in [6, 6.07) is 9.37. The van der Waals surface area contributed by atoms with Crippen LogP contribution in [0.1, 0.15) is 66.4 Å². The number of carbonyl (C=O) groups excluding carboxylic acids is 4. The first-order chi connectivity index (χ1) is 19.2. The average molecular weight is 565 g/mol. The summed E-state index contributed by atoms with van der Waals surface area (Å²) < 4.78 is 18.1. The Morgan fingerprint density at radius 3 is 2.22 bits per heavy atom. The molecule has 2 bridgehead atoms. The lowest BCUT2D eigenvalue weighted by molar-refractivity contribution is -0.194. The van der Waals surface area contributed by atoms with Crippen molar-refractivity contribution in [2.45, 2.75) is 85.2 Å². The van der Waals surface area contributed by atoms with E-state index < -0.39 is 75.8 Å². The van der Waals surface area contributed by atoms with Gasteiger partial charge in [-0.05, 0) is 41.4 Å². The molecule has 0 aliphatic heterocycles. The fraction of sp³-hybridized carbons (Fsp3) is 0.576. The van der Waals surface area contributed by atoms with Gasteiger partial charge in [-0.2, -0.15) is 0 Å². The molecule has 0 heterocycles. The molecule has 9 atom stereocenters. The molecule has 0 unspecified atom stereocenters. The molecule has 0 radical (unpaired) electrons. The molecule has 4 aliphatic carbocycles. The summed E-state index contributed by atoms with van der Waals surface area (Å²) >= 11 is 0. The molecular weight excluding hydrogens is 524 g/mol. The third kappa shape index (κ3) is 3.62. The summed E-state index contributed by atoms with van der Waals surface area (Å²) in [7, 11) is 0. The van der Waals surface area contributed by atoms with Crippen LogP contribution in [-0.2, 0) is 33.4 Å². The third-order valence-corrected chi connectivity index (χ3v) is 11.2. The number of carbonyl (C=O) groups is 4. The quantitative estimate of drug-likeness (QED) is 0.242. The minimum Gasteiger partial charge on any atom is -0.458 e. The smallest absolute Gasteiger partial charge is 0.331 e. The van der Waals surface area contributed by atoms with Crippen LogP contribution in [0.15, 0.2) is 48.6 Å². The van der Waals surface area contributed by atoms with E-state index in [2.05, 4.69) is 6.58 Å². The van der Waals surface area contributed by atoms with Gasteiger partial charge in [-0.15, -0.1) is 0 Å². The van der Waals surface area contributed by atoms with Gasteiger partial charge in [0.1, 0.15) is 24.1 Å². The summed E-state index contributed by atoms with van der Waals surface area (Å²) in [5, 5.41) is 12.4. The van der Waals surface area contributed by atoms with E-state index in [1.54, 1.807) is 6.08 Å². The Kier molecular flexibility index (Phi) is 6.88. The van der Waals surface area contributed by atoms with Crippen LogP contribution in [0.3, 0.4) is 0 Å². The van der Waals surface area contributed by atoms with Crippen LogP contribution in [0.25, 0.3) is 6.08 Å². The molecule has 2 spiro atoms.